The van der Waals surface area contributed by atoms with Gasteiger partial charge in [-0.15, -0.1) is 0 Å². The molecule has 1 aliphatic rings. The van der Waals surface area contributed by atoms with Crippen molar-refractivity contribution in [3.63, 3.8) is 0 Å². The Morgan fingerprint density at radius 1 is 1.12 bits per heavy atom. The molecule has 2 aromatic rings. The molecule has 25 heavy (non-hydrogen) atoms. The number of nitrogens with zero attached hydrogens (tertiary/aromatic N) is 3. The van der Waals surface area contributed by atoms with Crippen molar-refractivity contribution in [2.75, 3.05) is 6.54 Å². The molecule has 130 valence electrons. The van der Waals surface area contributed by atoms with E-state index in [0.717, 1.165) is 24.8 Å². The topological polar surface area (TPSA) is 83.4 Å². The van der Waals surface area contributed by atoms with Crippen LogP contribution in [-0.2, 0) is 4.79 Å². The monoisotopic (exact) mass is 339 g/mol. The fourth-order valence-electron chi connectivity index (χ4n) is 3.20. The van der Waals surface area contributed by atoms with E-state index in [4.69, 9.17) is 5.11 Å². The second kappa shape index (κ2) is 7.88. The van der Waals surface area contributed by atoms with Crippen molar-refractivity contribution < 1.29 is 14.7 Å². The van der Waals surface area contributed by atoms with E-state index < -0.39 is 5.97 Å². The van der Waals surface area contributed by atoms with Crippen LogP contribution >= 0.6 is 0 Å². The Morgan fingerprint density at radius 3 is 2.52 bits per heavy atom. The first-order chi connectivity index (χ1) is 12.1. The predicted molar refractivity (Wildman–Crippen MR) is 93.0 cm³/mol. The van der Waals surface area contributed by atoms with Crippen LogP contribution in [-0.4, -0.2) is 44.4 Å². The first-order valence-corrected chi connectivity index (χ1v) is 8.55. The van der Waals surface area contributed by atoms with Crippen LogP contribution in [0.3, 0.4) is 0 Å². The summed E-state index contributed by atoms with van der Waals surface area (Å²) in [5, 5.41) is 8.90. The first-order valence-electron chi connectivity index (χ1n) is 8.55. The molecular formula is C19H21N3O3. The fraction of sp³-hybridized carbons (Fsp3) is 0.368. The number of piperidine rings is 1. The van der Waals surface area contributed by atoms with E-state index in [-0.39, 0.29) is 18.4 Å². The minimum atomic E-state index is -0.825. The van der Waals surface area contributed by atoms with Crippen molar-refractivity contribution in [2.24, 2.45) is 0 Å². The van der Waals surface area contributed by atoms with Crippen molar-refractivity contribution >= 4 is 11.9 Å². The largest absolute Gasteiger partial charge is 0.481 e. The molecule has 0 bridgehead atoms. The van der Waals surface area contributed by atoms with Gasteiger partial charge in [-0.3, -0.25) is 9.59 Å². The summed E-state index contributed by atoms with van der Waals surface area (Å²) in [4.78, 5) is 34.0. The molecule has 3 rings (SSSR count). The van der Waals surface area contributed by atoms with E-state index in [1.807, 2.05) is 30.3 Å². The van der Waals surface area contributed by atoms with Gasteiger partial charge >= 0.3 is 5.97 Å². The fourth-order valence-corrected chi connectivity index (χ4v) is 3.20. The third-order valence-corrected chi connectivity index (χ3v) is 4.51. The van der Waals surface area contributed by atoms with Crippen LogP contribution in [0.25, 0.3) is 11.4 Å². The lowest BCUT2D eigenvalue weighted by Gasteiger charge is -2.35. The zero-order valence-corrected chi connectivity index (χ0v) is 14.0. The summed E-state index contributed by atoms with van der Waals surface area (Å²) in [6.45, 7) is 0.656. The highest BCUT2D eigenvalue weighted by Gasteiger charge is 2.28. The number of rotatable bonds is 5. The van der Waals surface area contributed by atoms with Crippen molar-refractivity contribution in [1.29, 1.82) is 0 Å². The zero-order chi connectivity index (χ0) is 17.6. The van der Waals surface area contributed by atoms with Gasteiger partial charge in [0.15, 0.2) is 5.82 Å². The van der Waals surface area contributed by atoms with Crippen molar-refractivity contribution in [1.82, 2.24) is 14.9 Å². The number of hydrogen-bond donors (Lipinski definition) is 1. The highest BCUT2D eigenvalue weighted by Crippen LogP contribution is 2.23. The second-order valence-electron chi connectivity index (χ2n) is 6.24. The Hall–Kier alpha value is -2.76. The van der Waals surface area contributed by atoms with Gasteiger partial charge in [-0.1, -0.05) is 30.3 Å². The summed E-state index contributed by atoms with van der Waals surface area (Å²) in [5.74, 6) is -0.360. The van der Waals surface area contributed by atoms with Gasteiger partial charge in [0.1, 0.15) is 0 Å². The van der Waals surface area contributed by atoms with E-state index in [2.05, 4.69) is 9.97 Å². The van der Waals surface area contributed by atoms with E-state index >= 15 is 0 Å². The van der Waals surface area contributed by atoms with Gasteiger partial charge in [-0.25, -0.2) is 9.97 Å². The normalized spacial score (nSPS) is 17.3. The molecule has 2 heterocycles. The molecule has 1 fully saturated rings. The maximum absolute atomic E-state index is 12.8. The summed E-state index contributed by atoms with van der Waals surface area (Å²) >= 11 is 0. The van der Waals surface area contributed by atoms with Crippen LogP contribution < -0.4 is 0 Å². The number of carboxylic acids is 1. The Kier molecular flexibility index (Phi) is 5.38. The Balaban J connectivity index is 1.73. The lowest BCUT2D eigenvalue weighted by Crippen LogP contribution is -2.44. The SMILES string of the molecule is O=C(O)CCC1CCCCN1C(=O)c1cnc(-c2ccccc2)nc1. The molecule has 1 aromatic carbocycles. The Morgan fingerprint density at radius 2 is 1.84 bits per heavy atom. The molecule has 1 unspecified atom stereocenters. The Bertz CT molecular complexity index is 731. The predicted octanol–water partition coefficient (Wildman–Crippen LogP) is 3.00. The number of hydrogen-bond acceptors (Lipinski definition) is 4. The smallest absolute Gasteiger partial charge is 0.303 e. The quantitative estimate of drug-likeness (QED) is 0.905. The lowest BCUT2D eigenvalue weighted by molar-refractivity contribution is -0.137. The van der Waals surface area contributed by atoms with Crippen LogP contribution in [0, 0.1) is 0 Å². The number of benzene rings is 1. The van der Waals surface area contributed by atoms with E-state index in [9.17, 15) is 9.59 Å². The van der Waals surface area contributed by atoms with Crippen molar-refractivity contribution in [2.45, 2.75) is 38.1 Å². The highest BCUT2D eigenvalue weighted by molar-refractivity contribution is 5.94. The number of amides is 1. The van der Waals surface area contributed by atoms with E-state index in [1.54, 1.807) is 17.3 Å². The summed E-state index contributed by atoms with van der Waals surface area (Å²) in [7, 11) is 0. The van der Waals surface area contributed by atoms with Gasteiger partial charge in [0.2, 0.25) is 0 Å². The average Bonchev–Trinajstić information content (AvgIpc) is 2.67. The van der Waals surface area contributed by atoms with Gasteiger partial charge < -0.3 is 10.0 Å². The number of aromatic nitrogens is 2. The summed E-state index contributed by atoms with van der Waals surface area (Å²) in [6.07, 6.45) is 6.50. The molecule has 1 aromatic heterocycles. The number of carbonyl (C=O) groups excluding carboxylic acids is 1. The van der Waals surface area contributed by atoms with Crippen LogP contribution in [0.1, 0.15) is 42.5 Å². The second-order valence-corrected chi connectivity index (χ2v) is 6.24. The van der Waals surface area contributed by atoms with Crippen LogP contribution in [0.5, 0.6) is 0 Å². The third-order valence-electron chi connectivity index (χ3n) is 4.51. The van der Waals surface area contributed by atoms with E-state index in [1.165, 1.54) is 0 Å². The lowest BCUT2D eigenvalue weighted by atomic mass is 9.97. The molecule has 1 saturated heterocycles. The van der Waals surface area contributed by atoms with Gasteiger partial charge in [-0.05, 0) is 25.7 Å². The van der Waals surface area contributed by atoms with E-state index in [0.29, 0.717) is 24.4 Å². The minimum absolute atomic E-state index is 0.0221. The molecule has 0 saturated carbocycles. The number of aliphatic carboxylic acids is 1. The van der Waals surface area contributed by atoms with Gasteiger partial charge in [-0.2, -0.15) is 0 Å². The first kappa shape index (κ1) is 17.1. The molecular weight excluding hydrogens is 318 g/mol. The molecule has 1 atom stereocenters. The molecule has 6 heteroatoms. The number of likely N-dealkylation sites (tertiary alicyclic amines) is 1. The molecule has 6 nitrogen and oxygen atoms in total. The van der Waals surface area contributed by atoms with Gasteiger partial charge in [0.25, 0.3) is 5.91 Å². The van der Waals surface area contributed by atoms with Crippen molar-refractivity contribution in [3.8, 4) is 11.4 Å². The number of carboxylic acid groups (broad SMARTS) is 1. The third kappa shape index (κ3) is 4.21. The summed E-state index contributed by atoms with van der Waals surface area (Å²) in [6, 6.07) is 9.57. The number of carbonyl (C=O) groups is 2. The zero-order valence-electron chi connectivity index (χ0n) is 14.0. The minimum Gasteiger partial charge on any atom is -0.481 e. The standard InChI is InChI=1S/C19H21N3O3/c23-17(24)10-9-16-8-4-5-11-22(16)19(25)15-12-20-18(21-13-15)14-6-2-1-3-7-14/h1-3,6-7,12-13,16H,4-5,8-11H2,(H,23,24). The molecule has 0 aliphatic carbocycles. The van der Waals surface area contributed by atoms with Gasteiger partial charge in [0, 0.05) is 37.0 Å². The summed E-state index contributed by atoms with van der Waals surface area (Å²) < 4.78 is 0. The molecule has 0 spiro atoms. The highest BCUT2D eigenvalue weighted by atomic mass is 16.4. The molecule has 1 aliphatic heterocycles. The van der Waals surface area contributed by atoms with Crippen molar-refractivity contribution in [3.05, 3.63) is 48.3 Å². The average molecular weight is 339 g/mol. The maximum atomic E-state index is 12.8. The molecule has 0 radical (unpaired) electrons. The summed E-state index contributed by atoms with van der Waals surface area (Å²) in [5.41, 5.74) is 1.35. The Labute approximate surface area is 146 Å². The van der Waals surface area contributed by atoms with Gasteiger partial charge in [0.05, 0.1) is 5.56 Å². The van der Waals surface area contributed by atoms with Crippen LogP contribution in [0.4, 0.5) is 0 Å². The van der Waals surface area contributed by atoms with Crippen LogP contribution in [0.2, 0.25) is 0 Å². The molecule has 1 N–H and O–H groups in total. The van der Waals surface area contributed by atoms with Crippen LogP contribution in [0.15, 0.2) is 42.7 Å². The maximum Gasteiger partial charge on any atom is 0.303 e. The molecule has 1 amide bonds.